The number of likely N-dealkylation sites (N-methyl/N-ethyl adjacent to an activating group) is 1. The second-order valence-electron chi connectivity index (χ2n) is 7.03. The highest BCUT2D eigenvalue weighted by Gasteiger charge is 2.31. The molecule has 0 saturated carbocycles. The molecule has 0 bridgehead atoms. The van der Waals surface area contributed by atoms with Gasteiger partial charge in [0.15, 0.2) is 5.96 Å². The summed E-state index contributed by atoms with van der Waals surface area (Å²) in [5.41, 5.74) is 0.373. The average Bonchev–Trinajstić information content (AvgIpc) is 3.07. The third-order valence-electron chi connectivity index (χ3n) is 4.22. The highest BCUT2D eigenvalue weighted by Crippen LogP contribution is 2.29. The fourth-order valence-electron chi connectivity index (χ4n) is 2.88. The van der Waals surface area contributed by atoms with Gasteiger partial charge in [-0.15, -0.1) is 24.0 Å². The standard InChI is InChI=1S/C17H30N4O.HI/c1-6-18-16(21-10-9-17(2,3)13-21)19-12-14(20(4)5)15-8-7-11-22-15;/h7-8,11,14H,6,9-10,12-13H2,1-5H3,(H,18,19);1H. The van der Waals surface area contributed by atoms with E-state index in [2.05, 4.69) is 50.0 Å². The van der Waals surface area contributed by atoms with E-state index in [0.717, 1.165) is 31.4 Å². The van der Waals surface area contributed by atoms with Crippen molar-refractivity contribution in [2.45, 2.75) is 33.2 Å². The number of guanidine groups is 1. The molecule has 132 valence electrons. The zero-order chi connectivity index (χ0) is 16.2. The molecule has 0 radical (unpaired) electrons. The Hall–Kier alpha value is -0.760. The molecule has 0 aliphatic carbocycles. The fourth-order valence-corrected chi connectivity index (χ4v) is 2.88. The second kappa shape index (κ2) is 8.92. The van der Waals surface area contributed by atoms with Gasteiger partial charge in [0.1, 0.15) is 5.76 Å². The predicted octanol–water partition coefficient (Wildman–Crippen LogP) is 3.20. The van der Waals surface area contributed by atoms with E-state index in [9.17, 15) is 0 Å². The van der Waals surface area contributed by atoms with Gasteiger partial charge in [0.25, 0.3) is 0 Å². The van der Waals surface area contributed by atoms with Crippen LogP contribution in [0, 0.1) is 5.41 Å². The van der Waals surface area contributed by atoms with E-state index in [0.29, 0.717) is 12.0 Å². The molecule has 0 spiro atoms. The zero-order valence-corrected chi connectivity index (χ0v) is 17.3. The summed E-state index contributed by atoms with van der Waals surface area (Å²) in [4.78, 5) is 9.39. The smallest absolute Gasteiger partial charge is 0.194 e. The monoisotopic (exact) mass is 434 g/mol. The van der Waals surface area contributed by atoms with Gasteiger partial charge in [-0.1, -0.05) is 13.8 Å². The molecule has 5 nitrogen and oxygen atoms in total. The first kappa shape index (κ1) is 20.3. The minimum Gasteiger partial charge on any atom is -0.468 e. The lowest BCUT2D eigenvalue weighted by Gasteiger charge is -2.25. The molecule has 1 unspecified atom stereocenters. The summed E-state index contributed by atoms with van der Waals surface area (Å²) in [5, 5.41) is 3.43. The van der Waals surface area contributed by atoms with Gasteiger partial charge in [0.05, 0.1) is 18.8 Å². The van der Waals surface area contributed by atoms with E-state index in [1.54, 1.807) is 6.26 Å². The van der Waals surface area contributed by atoms with Gasteiger partial charge in [-0.05, 0) is 45.0 Å². The lowest BCUT2D eigenvalue weighted by atomic mass is 9.93. The van der Waals surface area contributed by atoms with Crippen molar-refractivity contribution < 1.29 is 4.42 Å². The van der Waals surface area contributed by atoms with Crippen LogP contribution in [0.2, 0.25) is 0 Å². The van der Waals surface area contributed by atoms with Crippen LogP contribution in [0.3, 0.4) is 0 Å². The normalized spacial score (nSPS) is 18.9. The molecule has 1 aliphatic rings. The number of aliphatic imine (C=N–C) groups is 1. The van der Waals surface area contributed by atoms with Crippen molar-refractivity contribution in [3.8, 4) is 0 Å². The summed E-state index contributed by atoms with van der Waals surface area (Å²) < 4.78 is 5.56. The van der Waals surface area contributed by atoms with Crippen molar-refractivity contribution >= 4 is 29.9 Å². The Bertz CT molecular complexity index is 485. The Morgan fingerprint density at radius 2 is 2.22 bits per heavy atom. The van der Waals surface area contributed by atoms with Crippen LogP contribution in [0.5, 0.6) is 0 Å². The van der Waals surface area contributed by atoms with Crippen LogP contribution in [-0.4, -0.2) is 56.0 Å². The van der Waals surface area contributed by atoms with Crippen molar-refractivity contribution in [2.75, 3.05) is 40.3 Å². The molecule has 23 heavy (non-hydrogen) atoms. The molecule has 0 aromatic carbocycles. The first-order chi connectivity index (χ1) is 10.4. The maximum atomic E-state index is 5.56. The molecule has 1 aliphatic heterocycles. The minimum absolute atomic E-state index is 0. The number of hydrogen-bond donors (Lipinski definition) is 1. The van der Waals surface area contributed by atoms with Crippen molar-refractivity contribution in [3.05, 3.63) is 24.2 Å². The second-order valence-corrected chi connectivity index (χ2v) is 7.03. The Balaban J connectivity index is 0.00000264. The predicted molar refractivity (Wildman–Crippen MR) is 107 cm³/mol. The van der Waals surface area contributed by atoms with Crippen LogP contribution in [-0.2, 0) is 0 Å². The van der Waals surface area contributed by atoms with Crippen molar-refractivity contribution in [1.82, 2.24) is 15.1 Å². The number of hydrogen-bond acceptors (Lipinski definition) is 3. The molecule has 1 aromatic heterocycles. The molecule has 1 fully saturated rings. The van der Waals surface area contributed by atoms with Gasteiger partial charge in [0, 0.05) is 19.6 Å². The van der Waals surface area contributed by atoms with Gasteiger partial charge in [-0.2, -0.15) is 0 Å². The lowest BCUT2D eigenvalue weighted by molar-refractivity contribution is 0.264. The number of nitrogens with zero attached hydrogens (tertiary/aromatic N) is 3. The summed E-state index contributed by atoms with van der Waals surface area (Å²) >= 11 is 0. The summed E-state index contributed by atoms with van der Waals surface area (Å²) in [6, 6.07) is 4.12. The van der Waals surface area contributed by atoms with Crippen molar-refractivity contribution in [3.63, 3.8) is 0 Å². The summed E-state index contributed by atoms with van der Waals surface area (Å²) in [6.07, 6.45) is 2.94. The van der Waals surface area contributed by atoms with Crippen LogP contribution in [0.25, 0.3) is 0 Å². The average molecular weight is 434 g/mol. The Labute approximate surface area is 157 Å². The highest BCUT2D eigenvalue weighted by atomic mass is 127. The number of furan rings is 1. The highest BCUT2D eigenvalue weighted by molar-refractivity contribution is 14.0. The van der Waals surface area contributed by atoms with Gasteiger partial charge >= 0.3 is 0 Å². The molecular formula is C17H31IN4O. The third-order valence-corrected chi connectivity index (χ3v) is 4.22. The minimum atomic E-state index is 0. The molecule has 1 saturated heterocycles. The largest absolute Gasteiger partial charge is 0.468 e. The SMILES string of the molecule is CCNC(=NCC(c1ccco1)N(C)C)N1CCC(C)(C)C1.I. The van der Waals surface area contributed by atoms with Gasteiger partial charge in [0.2, 0.25) is 0 Å². The van der Waals surface area contributed by atoms with E-state index in [1.165, 1.54) is 6.42 Å². The summed E-state index contributed by atoms with van der Waals surface area (Å²) in [7, 11) is 4.13. The van der Waals surface area contributed by atoms with E-state index in [-0.39, 0.29) is 30.0 Å². The first-order valence-corrected chi connectivity index (χ1v) is 8.16. The van der Waals surface area contributed by atoms with E-state index in [4.69, 9.17) is 9.41 Å². The molecule has 1 atom stereocenters. The molecule has 0 amide bonds. The number of halogens is 1. The zero-order valence-electron chi connectivity index (χ0n) is 15.0. The topological polar surface area (TPSA) is 44.0 Å². The van der Waals surface area contributed by atoms with Gasteiger partial charge in [-0.3, -0.25) is 9.89 Å². The lowest BCUT2D eigenvalue weighted by Crippen LogP contribution is -2.41. The van der Waals surface area contributed by atoms with Crippen molar-refractivity contribution in [1.29, 1.82) is 0 Å². The molecule has 1 N–H and O–H groups in total. The Morgan fingerprint density at radius 1 is 1.48 bits per heavy atom. The van der Waals surface area contributed by atoms with Gasteiger partial charge < -0.3 is 14.6 Å². The number of likely N-dealkylation sites (tertiary alicyclic amines) is 1. The van der Waals surface area contributed by atoms with Crippen LogP contribution in [0.1, 0.15) is 39.0 Å². The molecule has 2 rings (SSSR count). The maximum absolute atomic E-state index is 5.56. The third kappa shape index (κ3) is 5.67. The van der Waals surface area contributed by atoms with Crippen LogP contribution >= 0.6 is 24.0 Å². The molecule has 6 heteroatoms. The Kier molecular flexibility index (Phi) is 7.86. The van der Waals surface area contributed by atoms with E-state index >= 15 is 0 Å². The molecular weight excluding hydrogens is 403 g/mol. The Morgan fingerprint density at radius 3 is 2.70 bits per heavy atom. The summed E-state index contributed by atoms with van der Waals surface area (Å²) in [6.45, 7) is 10.5. The number of nitrogens with one attached hydrogen (secondary N) is 1. The number of rotatable bonds is 5. The van der Waals surface area contributed by atoms with Crippen LogP contribution in [0.4, 0.5) is 0 Å². The molecule has 2 heterocycles. The van der Waals surface area contributed by atoms with E-state index in [1.807, 2.05) is 12.1 Å². The maximum Gasteiger partial charge on any atom is 0.194 e. The fraction of sp³-hybridized carbons (Fsp3) is 0.706. The van der Waals surface area contributed by atoms with Crippen molar-refractivity contribution in [2.24, 2.45) is 10.4 Å². The van der Waals surface area contributed by atoms with Crippen LogP contribution in [0.15, 0.2) is 27.8 Å². The molecule has 1 aromatic rings. The quantitative estimate of drug-likeness (QED) is 0.439. The van der Waals surface area contributed by atoms with E-state index < -0.39 is 0 Å². The first-order valence-electron chi connectivity index (χ1n) is 8.16. The van der Waals surface area contributed by atoms with Gasteiger partial charge in [-0.25, -0.2) is 0 Å². The van der Waals surface area contributed by atoms with Crippen LogP contribution < -0.4 is 5.32 Å². The summed E-state index contributed by atoms with van der Waals surface area (Å²) in [5.74, 6) is 1.98.